The van der Waals surface area contributed by atoms with E-state index in [1.165, 1.54) is 5.56 Å². The van der Waals surface area contributed by atoms with Gasteiger partial charge in [-0.05, 0) is 43.2 Å². The minimum atomic E-state index is -0.252. The summed E-state index contributed by atoms with van der Waals surface area (Å²) in [6.07, 6.45) is 1.55. The molecule has 0 aliphatic heterocycles. The van der Waals surface area contributed by atoms with Gasteiger partial charge in [-0.15, -0.1) is 0 Å². The van der Waals surface area contributed by atoms with Gasteiger partial charge in [0.2, 0.25) is 5.95 Å². The summed E-state index contributed by atoms with van der Waals surface area (Å²) in [5, 5.41) is 6.58. The average molecular weight is 367 g/mol. The van der Waals surface area contributed by atoms with E-state index in [0.717, 1.165) is 16.8 Å². The lowest BCUT2D eigenvalue weighted by molar-refractivity contribution is 0.0946. The summed E-state index contributed by atoms with van der Waals surface area (Å²) in [5.74, 6) is 0.0888. The van der Waals surface area contributed by atoms with Crippen molar-refractivity contribution in [1.82, 2.24) is 15.3 Å². The topological polar surface area (TPSA) is 66.9 Å². The highest BCUT2D eigenvalue weighted by Crippen LogP contribution is 2.21. The number of carbonyl (C=O) groups is 1. The SMILES string of the molecule is Cc1ccc(CNC(=O)c2ccnc(Nc3ccc(C)c(Cl)c3)n2)cc1. The van der Waals surface area contributed by atoms with Crippen LogP contribution in [0.25, 0.3) is 0 Å². The molecule has 2 aromatic carbocycles. The van der Waals surface area contributed by atoms with Gasteiger partial charge in [0.1, 0.15) is 5.69 Å². The first-order chi connectivity index (χ1) is 12.5. The number of nitrogens with one attached hydrogen (secondary N) is 2. The van der Waals surface area contributed by atoms with Crippen LogP contribution in [0.3, 0.4) is 0 Å². The second-order valence-electron chi connectivity index (χ2n) is 6.02. The molecule has 5 nitrogen and oxygen atoms in total. The second kappa shape index (κ2) is 7.97. The molecule has 26 heavy (non-hydrogen) atoms. The van der Waals surface area contributed by atoms with Crippen molar-refractivity contribution in [3.63, 3.8) is 0 Å². The van der Waals surface area contributed by atoms with Crippen LogP contribution in [-0.4, -0.2) is 15.9 Å². The second-order valence-corrected chi connectivity index (χ2v) is 6.43. The Labute approximate surface area is 157 Å². The Kier molecular flexibility index (Phi) is 5.49. The van der Waals surface area contributed by atoms with Crippen molar-refractivity contribution >= 4 is 29.1 Å². The number of hydrogen-bond donors (Lipinski definition) is 2. The Bertz CT molecular complexity index is 925. The smallest absolute Gasteiger partial charge is 0.270 e. The molecule has 2 N–H and O–H groups in total. The molecule has 3 aromatic rings. The lowest BCUT2D eigenvalue weighted by atomic mass is 10.1. The normalized spacial score (nSPS) is 10.4. The van der Waals surface area contributed by atoms with E-state index < -0.39 is 0 Å². The van der Waals surface area contributed by atoms with Crippen LogP contribution in [0, 0.1) is 13.8 Å². The minimum Gasteiger partial charge on any atom is -0.347 e. The number of carbonyl (C=O) groups excluding carboxylic acids is 1. The molecule has 0 saturated heterocycles. The van der Waals surface area contributed by atoms with Crippen molar-refractivity contribution in [3.8, 4) is 0 Å². The maximum absolute atomic E-state index is 12.3. The van der Waals surface area contributed by atoms with E-state index in [-0.39, 0.29) is 5.91 Å². The van der Waals surface area contributed by atoms with E-state index in [1.807, 2.05) is 50.2 Å². The van der Waals surface area contributed by atoms with Gasteiger partial charge in [-0.25, -0.2) is 9.97 Å². The molecular formula is C20H19ClN4O. The summed E-state index contributed by atoms with van der Waals surface area (Å²) in [6, 6.07) is 15.2. The van der Waals surface area contributed by atoms with Gasteiger partial charge in [0, 0.05) is 23.5 Å². The Morgan fingerprint density at radius 2 is 1.85 bits per heavy atom. The van der Waals surface area contributed by atoms with E-state index in [2.05, 4.69) is 20.6 Å². The molecule has 3 rings (SSSR count). The summed E-state index contributed by atoms with van der Waals surface area (Å²) >= 11 is 6.13. The Morgan fingerprint density at radius 1 is 1.08 bits per heavy atom. The van der Waals surface area contributed by atoms with Gasteiger partial charge in [-0.2, -0.15) is 0 Å². The largest absolute Gasteiger partial charge is 0.347 e. The van der Waals surface area contributed by atoms with Crippen LogP contribution in [0.2, 0.25) is 5.02 Å². The first kappa shape index (κ1) is 17.9. The zero-order valence-electron chi connectivity index (χ0n) is 14.6. The quantitative estimate of drug-likeness (QED) is 0.701. The highest BCUT2D eigenvalue weighted by atomic mass is 35.5. The fraction of sp³-hybridized carbons (Fsp3) is 0.150. The van der Waals surface area contributed by atoms with Crippen LogP contribution < -0.4 is 10.6 Å². The fourth-order valence-corrected chi connectivity index (χ4v) is 2.50. The lowest BCUT2D eigenvalue weighted by Crippen LogP contribution is -2.24. The van der Waals surface area contributed by atoms with Crippen molar-refractivity contribution in [3.05, 3.63) is 82.1 Å². The highest BCUT2D eigenvalue weighted by molar-refractivity contribution is 6.31. The van der Waals surface area contributed by atoms with E-state index in [1.54, 1.807) is 18.3 Å². The summed E-state index contributed by atoms with van der Waals surface area (Å²) < 4.78 is 0. The third-order valence-electron chi connectivity index (χ3n) is 3.89. The van der Waals surface area contributed by atoms with Gasteiger partial charge < -0.3 is 10.6 Å². The number of aromatic nitrogens is 2. The zero-order valence-corrected chi connectivity index (χ0v) is 15.3. The van der Waals surface area contributed by atoms with Crippen LogP contribution in [-0.2, 0) is 6.54 Å². The third kappa shape index (κ3) is 4.58. The molecule has 0 aliphatic carbocycles. The maximum Gasteiger partial charge on any atom is 0.270 e. The Hall–Kier alpha value is -2.92. The monoisotopic (exact) mass is 366 g/mol. The molecule has 1 amide bonds. The van der Waals surface area contributed by atoms with Crippen LogP contribution >= 0.6 is 11.6 Å². The predicted molar refractivity (Wildman–Crippen MR) is 104 cm³/mol. The van der Waals surface area contributed by atoms with E-state index in [0.29, 0.717) is 23.2 Å². The number of nitrogens with zero attached hydrogens (tertiary/aromatic N) is 2. The average Bonchev–Trinajstić information content (AvgIpc) is 2.64. The van der Waals surface area contributed by atoms with E-state index in [4.69, 9.17) is 11.6 Å². The first-order valence-corrected chi connectivity index (χ1v) is 8.59. The Morgan fingerprint density at radius 3 is 2.58 bits per heavy atom. The molecule has 0 bridgehead atoms. The first-order valence-electron chi connectivity index (χ1n) is 8.21. The number of hydrogen-bond acceptors (Lipinski definition) is 4. The highest BCUT2D eigenvalue weighted by Gasteiger charge is 2.09. The minimum absolute atomic E-state index is 0.252. The standard InChI is InChI=1S/C20H19ClN4O/c1-13-3-6-15(7-4-13)12-23-19(26)18-9-10-22-20(25-18)24-16-8-5-14(2)17(21)11-16/h3-11H,12H2,1-2H3,(H,23,26)(H,22,24,25). The van der Waals surface area contributed by atoms with Crippen LogP contribution in [0.1, 0.15) is 27.2 Å². The van der Waals surface area contributed by atoms with E-state index in [9.17, 15) is 4.79 Å². The summed E-state index contributed by atoms with van der Waals surface area (Å²) in [5.41, 5.74) is 4.27. The van der Waals surface area contributed by atoms with Gasteiger partial charge in [0.05, 0.1) is 0 Å². The molecule has 0 saturated carbocycles. The molecule has 0 atom stereocenters. The summed E-state index contributed by atoms with van der Waals surface area (Å²) in [4.78, 5) is 20.8. The molecule has 0 unspecified atom stereocenters. The Balaban J connectivity index is 1.66. The summed E-state index contributed by atoms with van der Waals surface area (Å²) in [6.45, 7) is 4.40. The molecule has 0 radical (unpaired) electrons. The number of aryl methyl sites for hydroxylation is 2. The van der Waals surface area contributed by atoms with Gasteiger partial charge in [-0.3, -0.25) is 4.79 Å². The summed E-state index contributed by atoms with van der Waals surface area (Å²) in [7, 11) is 0. The molecule has 0 spiro atoms. The van der Waals surface area contributed by atoms with Crippen molar-refractivity contribution in [2.75, 3.05) is 5.32 Å². The van der Waals surface area contributed by atoms with Crippen molar-refractivity contribution < 1.29 is 4.79 Å². The lowest BCUT2D eigenvalue weighted by Gasteiger charge is -2.08. The molecule has 1 heterocycles. The number of benzene rings is 2. The maximum atomic E-state index is 12.3. The molecule has 132 valence electrons. The predicted octanol–water partition coefficient (Wildman–Crippen LogP) is 4.42. The number of halogens is 1. The zero-order chi connectivity index (χ0) is 18.5. The van der Waals surface area contributed by atoms with E-state index >= 15 is 0 Å². The molecule has 0 aliphatic rings. The van der Waals surface area contributed by atoms with Crippen molar-refractivity contribution in [1.29, 1.82) is 0 Å². The molecule has 0 fully saturated rings. The van der Waals surface area contributed by atoms with Gasteiger partial charge >= 0.3 is 0 Å². The molecular weight excluding hydrogens is 348 g/mol. The van der Waals surface area contributed by atoms with Crippen LogP contribution in [0.15, 0.2) is 54.7 Å². The van der Waals surface area contributed by atoms with Crippen molar-refractivity contribution in [2.24, 2.45) is 0 Å². The van der Waals surface area contributed by atoms with Gasteiger partial charge in [0.15, 0.2) is 0 Å². The number of amides is 1. The fourth-order valence-electron chi connectivity index (χ4n) is 2.32. The van der Waals surface area contributed by atoms with Crippen LogP contribution in [0.5, 0.6) is 0 Å². The third-order valence-corrected chi connectivity index (χ3v) is 4.30. The molecule has 6 heteroatoms. The van der Waals surface area contributed by atoms with Crippen LogP contribution in [0.4, 0.5) is 11.6 Å². The van der Waals surface area contributed by atoms with Crippen molar-refractivity contribution in [2.45, 2.75) is 20.4 Å². The van der Waals surface area contributed by atoms with Gasteiger partial charge in [-0.1, -0.05) is 47.5 Å². The number of rotatable bonds is 5. The van der Waals surface area contributed by atoms with Gasteiger partial charge in [0.25, 0.3) is 5.91 Å². The molecule has 1 aromatic heterocycles. The number of anilines is 2.